The molecule has 2 aliphatic rings. The van der Waals surface area contributed by atoms with Crippen molar-refractivity contribution in [2.75, 3.05) is 23.8 Å². The number of hydrogen-bond donors (Lipinski definition) is 2. The Balaban J connectivity index is 2.14. The average molecular weight is 355 g/mol. The molecule has 0 radical (unpaired) electrons. The van der Waals surface area contributed by atoms with Gasteiger partial charge in [0.1, 0.15) is 11.1 Å². The first-order valence-corrected chi connectivity index (χ1v) is 7.96. The molecule has 1 aromatic carbocycles. The minimum Gasteiger partial charge on any atom is -0.365 e. The summed E-state index contributed by atoms with van der Waals surface area (Å²) < 4.78 is 45.5. The summed E-state index contributed by atoms with van der Waals surface area (Å²) in [4.78, 5) is 25.8. The Kier molecular flexibility index (Phi) is 3.36. The number of hydrogen-bond acceptors (Lipinski definition) is 5. The fourth-order valence-electron chi connectivity index (χ4n) is 3.42. The summed E-state index contributed by atoms with van der Waals surface area (Å²) in [6.07, 6.45) is 1.63. The number of rotatable bonds is 2. The molecular weight excluding hydrogens is 339 g/mol. The lowest BCUT2D eigenvalue weighted by molar-refractivity contribution is 0.498. The third-order valence-corrected chi connectivity index (χ3v) is 4.81. The van der Waals surface area contributed by atoms with E-state index in [-0.39, 0.29) is 23.8 Å². The van der Waals surface area contributed by atoms with Crippen molar-refractivity contribution in [3.05, 3.63) is 38.3 Å². The highest BCUT2D eigenvalue weighted by Gasteiger charge is 2.35. The van der Waals surface area contributed by atoms with Crippen molar-refractivity contribution >= 4 is 16.6 Å². The minimum absolute atomic E-state index is 0.153. The highest BCUT2D eigenvalue weighted by Crippen LogP contribution is 2.39. The van der Waals surface area contributed by atoms with Crippen LogP contribution in [0.1, 0.15) is 25.3 Å². The van der Waals surface area contributed by atoms with Gasteiger partial charge in [0.15, 0.2) is 17.5 Å². The molecule has 4 N–H and O–H groups in total. The van der Waals surface area contributed by atoms with E-state index in [4.69, 9.17) is 11.6 Å². The van der Waals surface area contributed by atoms with Gasteiger partial charge in [0.2, 0.25) is 0 Å². The second kappa shape index (κ2) is 5.25. The van der Waals surface area contributed by atoms with Crippen LogP contribution in [0, 0.1) is 17.5 Å². The molecular formula is C15H16F3N5O2. The molecule has 0 spiro atoms. The maximum Gasteiger partial charge on any atom is 0.350 e. The van der Waals surface area contributed by atoms with E-state index in [1.54, 1.807) is 0 Å². The summed E-state index contributed by atoms with van der Waals surface area (Å²) in [6, 6.07) is -0.682. The van der Waals surface area contributed by atoms with Crippen molar-refractivity contribution in [1.82, 2.24) is 9.24 Å². The smallest absolute Gasteiger partial charge is 0.350 e. The summed E-state index contributed by atoms with van der Waals surface area (Å²) in [5, 5.41) is -0.851. The third kappa shape index (κ3) is 2.16. The van der Waals surface area contributed by atoms with E-state index in [2.05, 4.69) is 0 Å². The summed E-state index contributed by atoms with van der Waals surface area (Å²) in [5.74, 6) is 1.28. The number of fused-ring (bicyclic) bond motifs is 1. The molecule has 10 heteroatoms. The van der Waals surface area contributed by atoms with E-state index in [0.717, 1.165) is 4.57 Å². The minimum atomic E-state index is -1.51. The fraction of sp³-hybridized carbons (Fsp3) is 0.467. The largest absolute Gasteiger partial charge is 0.365 e. The number of anilines is 1. The first-order chi connectivity index (χ1) is 11.8. The van der Waals surface area contributed by atoms with Crippen molar-refractivity contribution in [1.29, 1.82) is 0 Å². The standard InChI is InChI=1S/C15H16F3N5O2/c16-9-8-12(22(7-1-2-7)15(25)23(20)14(8)24)11(18)13(10(9)17)21-4-3-6(19)5-21/h6-7H,1-5,19-20H2. The van der Waals surface area contributed by atoms with Crippen LogP contribution in [0.5, 0.6) is 0 Å². The molecule has 2 aromatic rings. The van der Waals surface area contributed by atoms with E-state index in [1.165, 1.54) is 4.90 Å². The molecule has 0 bridgehead atoms. The average Bonchev–Trinajstić information content (AvgIpc) is 3.32. The molecule has 1 aromatic heterocycles. The first-order valence-electron chi connectivity index (χ1n) is 7.96. The quantitative estimate of drug-likeness (QED) is 0.591. The highest BCUT2D eigenvalue weighted by molar-refractivity contribution is 5.84. The van der Waals surface area contributed by atoms with Crippen LogP contribution < -0.4 is 27.7 Å². The number of nitrogens with zero attached hydrogens (tertiary/aromatic N) is 3. The van der Waals surface area contributed by atoms with Crippen molar-refractivity contribution in [2.24, 2.45) is 5.73 Å². The molecule has 7 nitrogen and oxygen atoms in total. The van der Waals surface area contributed by atoms with Crippen LogP contribution in [0.3, 0.4) is 0 Å². The highest BCUT2D eigenvalue weighted by atomic mass is 19.2. The van der Waals surface area contributed by atoms with Gasteiger partial charge in [-0.2, -0.15) is 4.68 Å². The van der Waals surface area contributed by atoms with Gasteiger partial charge >= 0.3 is 5.69 Å². The van der Waals surface area contributed by atoms with Gasteiger partial charge in [0.05, 0.1) is 5.52 Å². The number of aromatic nitrogens is 2. The summed E-state index contributed by atoms with van der Waals surface area (Å²) in [5.41, 5.74) is 2.42. The van der Waals surface area contributed by atoms with E-state index in [1.807, 2.05) is 0 Å². The lowest BCUT2D eigenvalue weighted by Gasteiger charge is -2.22. The van der Waals surface area contributed by atoms with Crippen molar-refractivity contribution in [2.45, 2.75) is 31.3 Å². The Morgan fingerprint density at radius 2 is 1.68 bits per heavy atom. The molecule has 1 aliphatic carbocycles. The van der Waals surface area contributed by atoms with E-state index in [9.17, 15) is 18.4 Å². The summed E-state index contributed by atoms with van der Waals surface area (Å²) in [7, 11) is 0. The monoisotopic (exact) mass is 355 g/mol. The van der Waals surface area contributed by atoms with Crippen LogP contribution in [0.25, 0.3) is 10.9 Å². The van der Waals surface area contributed by atoms with Crippen molar-refractivity contribution in [3.8, 4) is 0 Å². The van der Waals surface area contributed by atoms with Gasteiger partial charge in [0, 0.05) is 25.2 Å². The molecule has 4 rings (SSSR count). The number of nitrogens with two attached hydrogens (primary N) is 2. The van der Waals surface area contributed by atoms with Crippen LogP contribution in [0.15, 0.2) is 9.59 Å². The van der Waals surface area contributed by atoms with E-state index < -0.39 is 51.3 Å². The molecule has 134 valence electrons. The van der Waals surface area contributed by atoms with Gasteiger partial charge in [-0.3, -0.25) is 9.36 Å². The zero-order valence-electron chi connectivity index (χ0n) is 13.1. The van der Waals surface area contributed by atoms with Gasteiger partial charge in [-0.05, 0) is 19.3 Å². The molecule has 1 unspecified atom stereocenters. The van der Waals surface area contributed by atoms with Crippen molar-refractivity contribution in [3.63, 3.8) is 0 Å². The van der Waals surface area contributed by atoms with Gasteiger partial charge in [-0.1, -0.05) is 0 Å². The predicted octanol–water partition coefficient (Wildman–Crippen LogP) is 0.167. The van der Waals surface area contributed by atoms with Gasteiger partial charge in [0.25, 0.3) is 5.56 Å². The predicted molar refractivity (Wildman–Crippen MR) is 85.6 cm³/mol. The molecule has 25 heavy (non-hydrogen) atoms. The fourth-order valence-corrected chi connectivity index (χ4v) is 3.42. The van der Waals surface area contributed by atoms with Gasteiger partial charge in [-0.15, -0.1) is 0 Å². The Hall–Kier alpha value is -2.49. The Bertz CT molecular complexity index is 1010. The Morgan fingerprint density at radius 1 is 1.00 bits per heavy atom. The molecule has 1 atom stereocenters. The molecule has 2 fully saturated rings. The van der Waals surface area contributed by atoms with Crippen molar-refractivity contribution < 1.29 is 13.2 Å². The molecule has 0 amide bonds. The van der Waals surface area contributed by atoms with E-state index >= 15 is 4.39 Å². The van der Waals surface area contributed by atoms with Crippen LogP contribution in [0.2, 0.25) is 0 Å². The molecule has 2 heterocycles. The zero-order chi connectivity index (χ0) is 18.0. The lowest BCUT2D eigenvalue weighted by atomic mass is 10.1. The van der Waals surface area contributed by atoms with Gasteiger partial charge in [-0.25, -0.2) is 18.0 Å². The number of halogens is 3. The van der Waals surface area contributed by atoms with Crippen LogP contribution >= 0.6 is 0 Å². The van der Waals surface area contributed by atoms with Crippen LogP contribution in [0.4, 0.5) is 18.9 Å². The molecule has 1 aliphatic heterocycles. The Morgan fingerprint density at radius 3 is 2.24 bits per heavy atom. The first kappa shape index (κ1) is 16.0. The number of nitrogen functional groups attached to an aromatic ring is 1. The third-order valence-electron chi connectivity index (χ3n) is 4.81. The van der Waals surface area contributed by atoms with Gasteiger partial charge < -0.3 is 16.5 Å². The second-order valence-corrected chi connectivity index (χ2v) is 6.57. The second-order valence-electron chi connectivity index (χ2n) is 6.57. The lowest BCUT2D eigenvalue weighted by Crippen LogP contribution is -2.45. The maximum atomic E-state index is 15.2. The van der Waals surface area contributed by atoms with Crippen LogP contribution in [-0.2, 0) is 0 Å². The maximum absolute atomic E-state index is 15.2. The Labute approximate surface area is 139 Å². The normalized spacial score (nSPS) is 20.6. The SMILES string of the molecule is NC1CCN(c2c(F)c(F)c3c(=O)n(N)c(=O)n(C4CC4)c3c2F)C1. The topological polar surface area (TPSA) is 99.3 Å². The zero-order valence-corrected chi connectivity index (χ0v) is 13.1. The number of benzene rings is 1. The van der Waals surface area contributed by atoms with E-state index in [0.29, 0.717) is 19.3 Å². The summed E-state index contributed by atoms with van der Waals surface area (Å²) in [6.45, 7) is 0.405. The molecule has 1 saturated carbocycles. The summed E-state index contributed by atoms with van der Waals surface area (Å²) >= 11 is 0. The van der Waals surface area contributed by atoms with Crippen LogP contribution in [-0.4, -0.2) is 28.4 Å². The molecule has 1 saturated heterocycles.